The number of hydrogen-bond acceptors (Lipinski definition) is 16. The number of rotatable bonds is 30. The first-order valence-corrected chi connectivity index (χ1v) is 32.6. The van der Waals surface area contributed by atoms with Crippen LogP contribution in [0.3, 0.4) is 0 Å². The van der Waals surface area contributed by atoms with Crippen molar-refractivity contribution in [2.24, 2.45) is 14.1 Å². The van der Waals surface area contributed by atoms with Crippen LogP contribution >= 0.6 is 0 Å². The van der Waals surface area contributed by atoms with Crippen LogP contribution in [-0.4, -0.2) is 176 Å². The van der Waals surface area contributed by atoms with Gasteiger partial charge in [0.25, 0.3) is 11.8 Å². The highest BCUT2D eigenvalue weighted by Crippen LogP contribution is 2.40. The molecule has 24 heteroatoms. The van der Waals surface area contributed by atoms with Gasteiger partial charge in [-0.3, -0.25) is 28.5 Å². The number of carbonyl (C=O) groups is 6. The van der Waals surface area contributed by atoms with E-state index < -0.39 is 11.9 Å². The van der Waals surface area contributed by atoms with Crippen LogP contribution in [0.4, 0.5) is 11.4 Å². The van der Waals surface area contributed by atoms with Gasteiger partial charge in [-0.2, -0.15) is 10.2 Å². The van der Waals surface area contributed by atoms with E-state index in [1.807, 2.05) is 51.0 Å². The third-order valence-electron chi connectivity index (χ3n) is 16.9. The van der Waals surface area contributed by atoms with E-state index in [-0.39, 0.29) is 48.3 Å². The van der Waals surface area contributed by atoms with Gasteiger partial charge in [0, 0.05) is 88.0 Å². The summed E-state index contributed by atoms with van der Waals surface area (Å²) in [7, 11) is 3.83. The van der Waals surface area contributed by atoms with E-state index in [1.165, 1.54) is 49.7 Å². The second-order valence-corrected chi connectivity index (χ2v) is 23.8. The highest BCUT2D eigenvalue weighted by atomic mass is 16.5. The van der Waals surface area contributed by atoms with Crippen LogP contribution in [0.1, 0.15) is 99.3 Å². The Morgan fingerprint density at radius 1 is 0.543 bits per heavy atom. The Bertz CT molecular complexity index is 3240. The molecule has 94 heavy (non-hydrogen) atoms. The number of carbonyl (C=O) groups excluding carboxylic acids is 4. The highest BCUT2D eigenvalue weighted by molar-refractivity contribution is 5.98. The minimum absolute atomic E-state index is 0.000764. The smallest absolute Gasteiger partial charge is 0.328 e. The summed E-state index contributed by atoms with van der Waals surface area (Å²) in [6, 6.07) is 24.3. The fourth-order valence-electron chi connectivity index (χ4n) is 11.9. The second-order valence-electron chi connectivity index (χ2n) is 23.8. The molecule has 2 aliphatic carbocycles. The lowest BCUT2D eigenvalue weighted by Crippen LogP contribution is -2.45. The van der Waals surface area contributed by atoms with E-state index in [0.29, 0.717) is 138 Å². The fraction of sp³-hybridized carbons (Fsp3) is 0.457. The lowest BCUT2D eigenvalue weighted by atomic mass is 9.94. The molecule has 0 atom stereocenters. The Hall–Kier alpha value is -9.10. The Labute approximate surface area is 548 Å². The second kappa shape index (κ2) is 37.0. The summed E-state index contributed by atoms with van der Waals surface area (Å²) in [5.41, 5.74) is 9.41. The normalized spacial score (nSPS) is 14.6. The van der Waals surface area contributed by atoms with Crippen LogP contribution < -0.4 is 30.7 Å². The van der Waals surface area contributed by atoms with Gasteiger partial charge in [-0.15, -0.1) is 0 Å². The third-order valence-corrected chi connectivity index (χ3v) is 16.9. The number of benzene rings is 4. The van der Waals surface area contributed by atoms with Crippen LogP contribution in [0.15, 0.2) is 110 Å². The van der Waals surface area contributed by atoms with E-state index in [2.05, 4.69) is 89.8 Å². The molecule has 0 saturated heterocycles. The summed E-state index contributed by atoms with van der Waals surface area (Å²) >= 11 is 0. The summed E-state index contributed by atoms with van der Waals surface area (Å²) in [5, 5.41) is 56.5. The molecule has 2 fully saturated rings. The zero-order valence-electron chi connectivity index (χ0n) is 53.9. The number of aliphatic carboxylic acids is 2. The molecule has 0 unspecified atom stereocenters. The van der Waals surface area contributed by atoms with E-state index in [0.717, 1.165) is 71.9 Å². The zero-order chi connectivity index (χ0) is 66.6. The maximum absolute atomic E-state index is 13.3. The van der Waals surface area contributed by atoms with E-state index in [9.17, 15) is 39.0 Å². The van der Waals surface area contributed by atoms with Crippen molar-refractivity contribution in [3.8, 4) is 45.3 Å². The summed E-state index contributed by atoms with van der Waals surface area (Å²) in [4.78, 5) is 73.1. The van der Waals surface area contributed by atoms with Gasteiger partial charge in [-0.25, -0.2) is 9.59 Å². The van der Waals surface area contributed by atoms with Crippen molar-refractivity contribution in [3.05, 3.63) is 132 Å². The summed E-state index contributed by atoms with van der Waals surface area (Å²) in [5.74, 6) is -1.69. The minimum atomic E-state index is -1.26. The van der Waals surface area contributed by atoms with Crippen LogP contribution in [0, 0.1) is 0 Å². The fourth-order valence-corrected chi connectivity index (χ4v) is 11.9. The van der Waals surface area contributed by atoms with Crippen LogP contribution in [-0.2, 0) is 78.0 Å². The molecular formula is C70H90N10O14. The first-order valence-electron chi connectivity index (χ1n) is 32.6. The van der Waals surface area contributed by atoms with Crippen molar-refractivity contribution in [3.63, 3.8) is 0 Å². The highest BCUT2D eigenvalue weighted by Gasteiger charge is 2.28. The van der Waals surface area contributed by atoms with E-state index >= 15 is 0 Å². The van der Waals surface area contributed by atoms with Crippen molar-refractivity contribution in [1.82, 2.24) is 40.0 Å². The number of carboxylic acid groups (broad SMARTS) is 2. The molecule has 2 aromatic heterocycles. The number of aromatic nitrogens is 4. The molecule has 4 aliphatic rings. The number of hydrogen-bond donors (Lipinski definition) is 8. The molecule has 0 radical (unpaired) electrons. The van der Waals surface area contributed by atoms with Crippen LogP contribution in [0.25, 0.3) is 22.3 Å². The third kappa shape index (κ3) is 22.3. The number of anilines is 2. The van der Waals surface area contributed by atoms with Gasteiger partial charge in [0.2, 0.25) is 11.8 Å². The number of carboxylic acids is 2. The number of phenolic OH excluding ortho intramolecular Hbond substituents is 2. The van der Waals surface area contributed by atoms with Crippen molar-refractivity contribution < 1.29 is 68.1 Å². The van der Waals surface area contributed by atoms with Gasteiger partial charge in [-0.1, -0.05) is 99.2 Å². The van der Waals surface area contributed by atoms with Crippen LogP contribution in [0.2, 0.25) is 0 Å². The Morgan fingerprint density at radius 3 is 1.30 bits per heavy atom. The first-order chi connectivity index (χ1) is 45.6. The average Bonchev–Trinajstić information content (AvgIpc) is 1.09. The summed E-state index contributed by atoms with van der Waals surface area (Å²) in [6.07, 6.45) is 24.0. The van der Waals surface area contributed by atoms with E-state index in [4.69, 9.17) is 29.2 Å². The molecule has 6 aromatic rings. The largest absolute Gasteiger partial charge is 0.506 e. The molecule has 24 nitrogen and oxygen atoms in total. The molecule has 4 aromatic carbocycles. The number of aromatic hydroxyl groups is 2. The topological polar surface area (TPSA) is 310 Å². The van der Waals surface area contributed by atoms with Crippen molar-refractivity contribution in [2.45, 2.75) is 115 Å². The number of nitrogens with zero attached hydrogens (tertiary/aromatic N) is 6. The molecular weight excluding hydrogens is 1200 g/mol. The minimum Gasteiger partial charge on any atom is -0.506 e. The monoisotopic (exact) mass is 1290 g/mol. The van der Waals surface area contributed by atoms with Crippen molar-refractivity contribution in [1.29, 1.82) is 0 Å². The summed E-state index contributed by atoms with van der Waals surface area (Å²) in [6.45, 7) is 5.97. The number of nitrogens with one attached hydrogen (secondary N) is 4. The zero-order valence-corrected chi connectivity index (χ0v) is 53.9. The predicted octanol–water partition coefficient (Wildman–Crippen LogP) is 7.84. The number of ether oxygens (including phenoxy) is 4. The van der Waals surface area contributed by atoms with Crippen molar-refractivity contribution >= 4 is 46.9 Å². The Kier molecular flexibility index (Phi) is 27.8. The quantitative estimate of drug-likeness (QED) is 0.0121. The molecule has 504 valence electrons. The van der Waals surface area contributed by atoms with Crippen molar-refractivity contribution in [2.75, 3.05) is 89.5 Å². The molecule has 4 heterocycles. The Balaban J connectivity index is 0.000000216. The maximum atomic E-state index is 13.3. The van der Waals surface area contributed by atoms with Crippen LogP contribution in [0.5, 0.6) is 23.0 Å². The standard InChI is InChI=1S/2C33H43N5O5.C4H4O4/c2*1-37-22-27(21-35-37)25-9-7-24(8-10-25)14-19-42-20-15-31(41)38(28-5-3-2-4-6-28)18-17-34-16-13-26-11-12-29(39)32-33(26)43-23-30(40)36-32;5-3(6)1-2-4(7)8/h2*7-12,21-22,28,34,39H,2-6,13-20,23H2,1H3,(H,36,40);1-2H,(H,5,6)(H,7,8)/b;;2-1+. The molecule has 2 aliphatic heterocycles. The lowest BCUT2D eigenvalue weighted by molar-refractivity contribution is -0.136. The maximum Gasteiger partial charge on any atom is 0.328 e. The number of amides is 4. The van der Waals surface area contributed by atoms with Gasteiger partial charge >= 0.3 is 11.9 Å². The number of fused-ring (bicyclic) bond motifs is 2. The first kappa shape index (κ1) is 70.8. The molecule has 2 saturated carbocycles. The average molecular weight is 1300 g/mol. The molecule has 0 bridgehead atoms. The SMILES string of the molecule is Cn1cc(-c2ccc(CCOCCC(=O)N(CCNCCc3ccc(O)c4c3OCC(=O)N4)C3CCCCC3)cc2)cn1.Cn1cc(-c2ccc(CCOCCC(=O)N(CCNCCc3ccc(O)c4c3OCC(=O)N4)C3CCCCC3)cc2)cn1.O=C(O)/C=C/C(=O)O. The summed E-state index contributed by atoms with van der Waals surface area (Å²) < 4.78 is 26.5. The van der Waals surface area contributed by atoms with Gasteiger partial charge < -0.3 is 70.4 Å². The van der Waals surface area contributed by atoms with Gasteiger partial charge in [0.05, 0.1) is 51.7 Å². The van der Waals surface area contributed by atoms with Gasteiger partial charge in [0.1, 0.15) is 22.9 Å². The number of phenols is 2. The molecule has 4 amide bonds. The Morgan fingerprint density at radius 2 is 0.936 bits per heavy atom. The predicted molar refractivity (Wildman–Crippen MR) is 355 cm³/mol. The van der Waals surface area contributed by atoms with Gasteiger partial charge in [0.15, 0.2) is 24.7 Å². The molecule has 8 N–H and O–H groups in total. The van der Waals surface area contributed by atoms with Gasteiger partial charge in [-0.05, 0) is 110 Å². The van der Waals surface area contributed by atoms with E-state index in [1.54, 1.807) is 21.5 Å². The number of aryl methyl sites for hydroxylation is 2. The molecule has 10 rings (SSSR count). The lowest BCUT2D eigenvalue weighted by Gasteiger charge is -2.34. The molecule has 0 spiro atoms.